The van der Waals surface area contributed by atoms with Crippen LogP contribution in [-0.2, 0) is 17.1 Å². The van der Waals surface area contributed by atoms with Crippen molar-refractivity contribution in [1.29, 1.82) is 0 Å². The van der Waals surface area contributed by atoms with Crippen molar-refractivity contribution in [2.24, 2.45) is 0 Å². The number of nitrogens with zero attached hydrogens (tertiary/aromatic N) is 1. The van der Waals surface area contributed by atoms with Crippen LogP contribution in [0.3, 0.4) is 0 Å². The first-order valence-electron chi connectivity index (χ1n) is 6.71. The van der Waals surface area contributed by atoms with Gasteiger partial charge in [-0.1, -0.05) is 48.5 Å². The van der Waals surface area contributed by atoms with Crippen LogP contribution < -0.4 is 5.32 Å². The number of anilines is 1. The van der Waals surface area contributed by atoms with E-state index in [1.165, 1.54) is 4.90 Å². The molecule has 1 atom stereocenters. The van der Waals surface area contributed by atoms with E-state index in [1.807, 2.05) is 30.3 Å². The first-order valence-corrected chi connectivity index (χ1v) is 7.12. The summed E-state index contributed by atoms with van der Waals surface area (Å²) in [7, 11) is 0. The monoisotopic (exact) mass is 314 g/mol. The molecule has 1 heterocycles. The lowest BCUT2D eigenvalue weighted by Crippen LogP contribution is -2.58. The molecule has 0 radical (unpaired) electrons. The van der Waals surface area contributed by atoms with Gasteiger partial charge >= 0.3 is 5.97 Å². The highest BCUT2D eigenvalue weighted by Crippen LogP contribution is 2.37. The normalized spacial score (nSPS) is 20.2. The van der Waals surface area contributed by atoms with Crippen molar-refractivity contribution in [3.63, 3.8) is 0 Å². The molecule has 1 aliphatic rings. The first kappa shape index (κ1) is 14.5. The molecule has 2 aromatic rings. The number of carboxylic acids is 1. The molecule has 112 valence electrons. The highest BCUT2D eigenvalue weighted by molar-refractivity contribution is 7.80. The molecule has 0 fully saturated rings. The SMILES string of the molecule is O=C(O)C1(O)c2ccccc2NC(=S)N1Cc1ccccc1. The minimum atomic E-state index is -2.20. The maximum absolute atomic E-state index is 11.8. The third-order valence-electron chi connectivity index (χ3n) is 3.66. The molecule has 0 saturated carbocycles. The van der Waals surface area contributed by atoms with Crippen molar-refractivity contribution in [3.05, 3.63) is 65.7 Å². The number of aliphatic hydroxyl groups is 1. The Morgan fingerprint density at radius 2 is 1.77 bits per heavy atom. The summed E-state index contributed by atoms with van der Waals surface area (Å²) >= 11 is 5.26. The quantitative estimate of drug-likeness (QED) is 0.754. The fourth-order valence-electron chi connectivity index (χ4n) is 2.55. The van der Waals surface area contributed by atoms with Crippen LogP contribution in [-0.4, -0.2) is 26.2 Å². The second kappa shape index (κ2) is 5.40. The number of carboxylic acid groups (broad SMARTS) is 1. The van der Waals surface area contributed by atoms with Gasteiger partial charge in [-0.2, -0.15) is 0 Å². The fourth-order valence-corrected chi connectivity index (χ4v) is 2.86. The lowest BCUT2D eigenvalue weighted by molar-refractivity contribution is -0.178. The van der Waals surface area contributed by atoms with Crippen LogP contribution >= 0.6 is 12.2 Å². The van der Waals surface area contributed by atoms with Crippen LogP contribution in [0.15, 0.2) is 54.6 Å². The fraction of sp³-hybridized carbons (Fsp3) is 0.125. The lowest BCUT2D eigenvalue weighted by Gasteiger charge is -2.43. The summed E-state index contributed by atoms with van der Waals surface area (Å²) in [5.41, 5.74) is -0.575. The van der Waals surface area contributed by atoms with Crippen molar-refractivity contribution < 1.29 is 15.0 Å². The second-order valence-electron chi connectivity index (χ2n) is 5.02. The van der Waals surface area contributed by atoms with E-state index >= 15 is 0 Å². The zero-order chi connectivity index (χ0) is 15.7. The van der Waals surface area contributed by atoms with Crippen molar-refractivity contribution in [2.75, 3.05) is 5.32 Å². The number of hydrogen-bond donors (Lipinski definition) is 3. The molecule has 0 amide bonds. The molecule has 0 saturated heterocycles. The molecular formula is C16H14N2O3S. The van der Waals surface area contributed by atoms with Crippen LogP contribution in [0, 0.1) is 0 Å². The molecule has 6 heteroatoms. The Bertz CT molecular complexity index is 735. The number of hydrogen-bond acceptors (Lipinski definition) is 3. The highest BCUT2D eigenvalue weighted by Gasteiger charge is 2.49. The predicted octanol–water partition coefficient (Wildman–Crippen LogP) is 2.13. The third-order valence-corrected chi connectivity index (χ3v) is 3.98. The molecule has 0 aliphatic carbocycles. The van der Waals surface area contributed by atoms with Crippen molar-refractivity contribution in [3.8, 4) is 0 Å². The Morgan fingerprint density at radius 3 is 2.45 bits per heavy atom. The summed E-state index contributed by atoms with van der Waals surface area (Å²) < 4.78 is 0. The van der Waals surface area contributed by atoms with Gasteiger partial charge in [0.2, 0.25) is 0 Å². The molecule has 3 N–H and O–H groups in total. The van der Waals surface area contributed by atoms with Gasteiger partial charge < -0.3 is 20.4 Å². The topological polar surface area (TPSA) is 72.8 Å². The molecule has 5 nitrogen and oxygen atoms in total. The molecular weight excluding hydrogens is 300 g/mol. The maximum atomic E-state index is 11.8. The van der Waals surface area contributed by atoms with E-state index in [4.69, 9.17) is 12.2 Å². The van der Waals surface area contributed by atoms with Gasteiger partial charge in [-0.25, -0.2) is 4.79 Å². The van der Waals surface area contributed by atoms with E-state index in [0.29, 0.717) is 5.69 Å². The molecule has 1 unspecified atom stereocenters. The Balaban J connectivity index is 2.09. The smallest absolute Gasteiger partial charge is 0.362 e. The Hall–Kier alpha value is -2.44. The number of thiocarbonyl (C=S) groups is 1. The van der Waals surface area contributed by atoms with Crippen molar-refractivity contribution in [2.45, 2.75) is 12.3 Å². The zero-order valence-electron chi connectivity index (χ0n) is 11.6. The first-order chi connectivity index (χ1) is 10.5. The summed E-state index contributed by atoms with van der Waals surface area (Å²) in [6.45, 7) is 0.184. The molecule has 0 spiro atoms. The average molecular weight is 314 g/mol. The van der Waals surface area contributed by atoms with Crippen LogP contribution in [0.5, 0.6) is 0 Å². The Morgan fingerprint density at radius 1 is 1.14 bits per heavy atom. The number of carbonyl (C=O) groups is 1. The minimum absolute atomic E-state index is 0.174. The van der Waals surface area contributed by atoms with Crippen LogP contribution in [0.4, 0.5) is 5.69 Å². The van der Waals surface area contributed by atoms with E-state index in [-0.39, 0.29) is 17.2 Å². The second-order valence-corrected chi connectivity index (χ2v) is 5.41. The van der Waals surface area contributed by atoms with Gasteiger partial charge in [-0.05, 0) is 23.8 Å². The summed E-state index contributed by atoms with van der Waals surface area (Å²) in [5, 5.41) is 23.7. The zero-order valence-corrected chi connectivity index (χ0v) is 12.4. The van der Waals surface area contributed by atoms with E-state index < -0.39 is 11.7 Å². The third kappa shape index (κ3) is 2.22. The molecule has 3 rings (SSSR count). The summed E-state index contributed by atoms with van der Waals surface area (Å²) in [6, 6.07) is 16.0. The van der Waals surface area contributed by atoms with Crippen molar-refractivity contribution in [1.82, 2.24) is 4.90 Å². The maximum Gasteiger partial charge on any atom is 0.362 e. The molecule has 0 bridgehead atoms. The van der Waals surface area contributed by atoms with Crippen LogP contribution in [0.1, 0.15) is 11.1 Å². The van der Waals surface area contributed by atoms with Gasteiger partial charge in [0.25, 0.3) is 5.72 Å². The number of rotatable bonds is 3. The van der Waals surface area contributed by atoms with Gasteiger partial charge in [-0.3, -0.25) is 0 Å². The van der Waals surface area contributed by atoms with Crippen LogP contribution in [0.25, 0.3) is 0 Å². The lowest BCUT2D eigenvalue weighted by atomic mass is 9.96. The largest absolute Gasteiger partial charge is 0.477 e. The Kier molecular flexibility index (Phi) is 3.56. The highest BCUT2D eigenvalue weighted by atomic mass is 32.1. The predicted molar refractivity (Wildman–Crippen MR) is 86.2 cm³/mol. The number of benzene rings is 2. The Labute approximate surface area is 132 Å². The van der Waals surface area contributed by atoms with Crippen LogP contribution in [0.2, 0.25) is 0 Å². The van der Waals surface area contributed by atoms with Gasteiger partial charge in [0, 0.05) is 17.8 Å². The van der Waals surface area contributed by atoms with Gasteiger partial charge in [-0.15, -0.1) is 0 Å². The summed E-state index contributed by atoms with van der Waals surface area (Å²) in [6.07, 6.45) is 0. The van der Waals surface area contributed by atoms with E-state index in [0.717, 1.165) is 5.56 Å². The van der Waals surface area contributed by atoms with Crippen molar-refractivity contribution >= 4 is 29.0 Å². The van der Waals surface area contributed by atoms with E-state index in [1.54, 1.807) is 24.3 Å². The standard InChI is InChI=1S/C16H14N2O3S/c19-14(20)16(21)12-8-4-5-9-13(12)17-15(22)18(16)10-11-6-2-1-3-7-11/h1-9,21H,10H2,(H,17,22)(H,19,20). The summed E-state index contributed by atoms with van der Waals surface area (Å²) in [4.78, 5) is 13.1. The van der Waals surface area contributed by atoms with Gasteiger partial charge in [0.1, 0.15) is 0 Å². The van der Waals surface area contributed by atoms with E-state index in [9.17, 15) is 15.0 Å². The molecule has 1 aliphatic heterocycles. The van der Waals surface area contributed by atoms with Gasteiger partial charge in [0.05, 0.1) is 0 Å². The number of nitrogens with one attached hydrogen (secondary N) is 1. The number of para-hydroxylation sites is 1. The molecule has 2 aromatic carbocycles. The molecule has 0 aromatic heterocycles. The minimum Gasteiger partial charge on any atom is -0.477 e. The summed E-state index contributed by atoms with van der Waals surface area (Å²) in [5.74, 6) is -1.36. The van der Waals surface area contributed by atoms with E-state index in [2.05, 4.69) is 5.32 Å². The number of fused-ring (bicyclic) bond motifs is 1. The number of aliphatic carboxylic acids is 1. The molecule has 22 heavy (non-hydrogen) atoms. The average Bonchev–Trinajstić information content (AvgIpc) is 2.52. The van der Waals surface area contributed by atoms with Gasteiger partial charge in [0.15, 0.2) is 5.11 Å².